The molecule has 2 aromatic rings. The Morgan fingerprint density at radius 1 is 0.900 bits per heavy atom. The van der Waals surface area contributed by atoms with Crippen molar-refractivity contribution >= 4 is 40.4 Å². The van der Waals surface area contributed by atoms with Gasteiger partial charge in [-0.2, -0.15) is 10.2 Å². The number of halogens is 1. The van der Waals surface area contributed by atoms with Crippen LogP contribution in [0.3, 0.4) is 0 Å². The summed E-state index contributed by atoms with van der Waals surface area (Å²) in [6.45, 7) is 11.3. The molecule has 1 aliphatic heterocycles. The van der Waals surface area contributed by atoms with E-state index >= 15 is 0 Å². The molecule has 0 aromatic carbocycles. The minimum atomic E-state index is -1.08. The number of carboxylic acids is 2. The van der Waals surface area contributed by atoms with Gasteiger partial charge < -0.3 is 19.5 Å². The molecule has 3 heterocycles. The highest BCUT2D eigenvalue weighted by molar-refractivity contribution is 9.10. The molecule has 1 aliphatic rings. The SMILES string of the molecule is Cc1c(B2OC(C)(C)C(C)(C)O2)c(C(=O)O)nn1C.Cc1c(Br)c(C(=O)O)nn1C. The molecule has 0 unspecified atom stereocenters. The molecule has 0 radical (unpaired) electrons. The largest absolute Gasteiger partial charge is 0.499 e. The lowest BCUT2D eigenvalue weighted by molar-refractivity contribution is 0.00578. The summed E-state index contributed by atoms with van der Waals surface area (Å²) in [5, 5.41) is 25.6. The molecule has 1 saturated heterocycles. The molecule has 3 rings (SSSR count). The van der Waals surface area contributed by atoms with Crippen LogP contribution in [0.2, 0.25) is 0 Å². The molecule has 1 fully saturated rings. The maximum atomic E-state index is 11.3. The van der Waals surface area contributed by atoms with Crippen LogP contribution >= 0.6 is 15.9 Å². The second-order valence-electron chi connectivity index (χ2n) is 8.04. The van der Waals surface area contributed by atoms with E-state index in [2.05, 4.69) is 26.1 Å². The number of rotatable bonds is 3. The molecule has 0 atom stereocenters. The highest BCUT2D eigenvalue weighted by Crippen LogP contribution is 2.36. The fraction of sp³-hybridized carbons (Fsp3) is 0.556. The van der Waals surface area contributed by atoms with E-state index < -0.39 is 30.3 Å². The fourth-order valence-electron chi connectivity index (χ4n) is 2.74. The van der Waals surface area contributed by atoms with Gasteiger partial charge in [0.1, 0.15) is 0 Å². The van der Waals surface area contributed by atoms with Crippen molar-refractivity contribution in [1.82, 2.24) is 19.6 Å². The number of aromatic carboxylic acids is 2. The van der Waals surface area contributed by atoms with Crippen molar-refractivity contribution in [3.05, 3.63) is 27.2 Å². The second kappa shape index (κ2) is 8.16. The Morgan fingerprint density at radius 3 is 1.63 bits per heavy atom. The van der Waals surface area contributed by atoms with Crippen LogP contribution < -0.4 is 5.46 Å². The Kier molecular flexibility index (Phi) is 6.55. The zero-order valence-electron chi connectivity index (χ0n) is 18.3. The topological polar surface area (TPSA) is 129 Å². The van der Waals surface area contributed by atoms with Crippen LogP contribution in [0.25, 0.3) is 0 Å². The summed E-state index contributed by atoms with van der Waals surface area (Å²) >= 11 is 3.14. The molecule has 164 valence electrons. The highest BCUT2D eigenvalue weighted by Gasteiger charge is 2.53. The van der Waals surface area contributed by atoms with Crippen molar-refractivity contribution in [2.24, 2.45) is 14.1 Å². The van der Waals surface area contributed by atoms with E-state index in [0.29, 0.717) is 9.94 Å². The summed E-state index contributed by atoms with van der Waals surface area (Å²) < 4.78 is 15.4. The van der Waals surface area contributed by atoms with Crippen molar-refractivity contribution in [3.63, 3.8) is 0 Å². The third-order valence-corrected chi connectivity index (χ3v) is 6.48. The van der Waals surface area contributed by atoms with Crippen molar-refractivity contribution in [1.29, 1.82) is 0 Å². The summed E-state index contributed by atoms with van der Waals surface area (Å²) in [4.78, 5) is 21.8. The van der Waals surface area contributed by atoms with Crippen LogP contribution in [0.1, 0.15) is 60.1 Å². The van der Waals surface area contributed by atoms with E-state index in [4.69, 9.17) is 14.4 Å². The van der Waals surface area contributed by atoms with Crippen LogP contribution in [0, 0.1) is 13.8 Å². The number of hydrogen-bond donors (Lipinski definition) is 2. The molecule has 30 heavy (non-hydrogen) atoms. The lowest BCUT2D eigenvalue weighted by atomic mass is 9.77. The first-order valence-electron chi connectivity index (χ1n) is 9.15. The third kappa shape index (κ3) is 4.30. The Balaban J connectivity index is 0.000000248. The smallest absolute Gasteiger partial charge is 0.476 e. The monoisotopic (exact) mass is 484 g/mol. The number of aromatic nitrogens is 4. The maximum absolute atomic E-state index is 11.3. The van der Waals surface area contributed by atoms with Gasteiger partial charge >= 0.3 is 19.1 Å². The fourth-order valence-corrected chi connectivity index (χ4v) is 3.25. The average molecular weight is 485 g/mol. The van der Waals surface area contributed by atoms with Gasteiger partial charge in [0.2, 0.25) is 0 Å². The lowest BCUT2D eigenvalue weighted by Crippen LogP contribution is -2.41. The van der Waals surface area contributed by atoms with Gasteiger partial charge in [-0.3, -0.25) is 9.36 Å². The Morgan fingerprint density at radius 2 is 1.30 bits per heavy atom. The lowest BCUT2D eigenvalue weighted by Gasteiger charge is -2.32. The summed E-state index contributed by atoms with van der Waals surface area (Å²) in [6.07, 6.45) is 0. The highest BCUT2D eigenvalue weighted by atomic mass is 79.9. The normalized spacial score (nSPS) is 16.9. The van der Waals surface area contributed by atoms with E-state index in [1.165, 1.54) is 9.36 Å². The number of aryl methyl sites for hydroxylation is 2. The van der Waals surface area contributed by atoms with Crippen LogP contribution in [0.5, 0.6) is 0 Å². The van der Waals surface area contributed by atoms with Gasteiger partial charge in [-0.25, -0.2) is 9.59 Å². The summed E-state index contributed by atoms with van der Waals surface area (Å²) in [6, 6.07) is 0. The standard InChI is InChI=1S/C12H19BN2O4.C6H7BrN2O2/c1-7-8(9(10(16)17)14-15(7)6)13-18-11(2,3)12(4,5)19-13;1-3-4(7)5(6(10)11)8-9(3)2/h1-6H3,(H,16,17);1-2H3,(H,10,11). The quantitative estimate of drug-likeness (QED) is 0.632. The van der Waals surface area contributed by atoms with Crippen LogP contribution in [-0.2, 0) is 23.4 Å². The number of nitrogens with zero attached hydrogens (tertiary/aromatic N) is 4. The van der Waals surface area contributed by atoms with Gasteiger partial charge in [0, 0.05) is 25.3 Å². The predicted molar refractivity (Wildman–Crippen MR) is 113 cm³/mol. The van der Waals surface area contributed by atoms with E-state index in [-0.39, 0.29) is 11.4 Å². The van der Waals surface area contributed by atoms with Gasteiger partial charge in [0.05, 0.1) is 21.4 Å². The van der Waals surface area contributed by atoms with Crippen LogP contribution in [0.4, 0.5) is 0 Å². The van der Waals surface area contributed by atoms with Crippen molar-refractivity contribution in [3.8, 4) is 0 Å². The minimum absolute atomic E-state index is 0.0153. The van der Waals surface area contributed by atoms with Crippen molar-refractivity contribution in [2.45, 2.75) is 52.7 Å². The second-order valence-corrected chi connectivity index (χ2v) is 8.83. The molecule has 0 bridgehead atoms. The summed E-state index contributed by atoms with van der Waals surface area (Å²) in [5.41, 5.74) is 1.07. The number of carboxylic acid groups (broad SMARTS) is 2. The first kappa shape index (κ1) is 24.1. The average Bonchev–Trinajstić information content (AvgIpc) is 3.13. The molecule has 0 spiro atoms. The third-order valence-electron chi connectivity index (χ3n) is 5.54. The van der Waals surface area contributed by atoms with Gasteiger partial charge in [0.15, 0.2) is 11.4 Å². The molecule has 12 heteroatoms. The number of hydrogen-bond acceptors (Lipinski definition) is 6. The van der Waals surface area contributed by atoms with Crippen molar-refractivity contribution in [2.75, 3.05) is 0 Å². The maximum Gasteiger partial charge on any atom is 0.499 e. The van der Waals surface area contributed by atoms with Crippen molar-refractivity contribution < 1.29 is 29.1 Å². The molecule has 0 amide bonds. The molecule has 2 N–H and O–H groups in total. The Labute approximate surface area is 183 Å². The Hall–Kier alpha value is -2.18. The molecule has 2 aromatic heterocycles. The van der Waals surface area contributed by atoms with Gasteiger partial charge in [-0.05, 0) is 57.5 Å². The van der Waals surface area contributed by atoms with Gasteiger partial charge in [-0.1, -0.05) is 0 Å². The molecule has 0 aliphatic carbocycles. The molecular weight excluding hydrogens is 459 g/mol. The molecule has 0 saturated carbocycles. The van der Waals surface area contributed by atoms with E-state index in [0.717, 1.165) is 11.4 Å². The zero-order chi connectivity index (χ0) is 23.2. The van der Waals surface area contributed by atoms with E-state index in [9.17, 15) is 14.7 Å². The molecular formula is C18H26BBrN4O6. The van der Waals surface area contributed by atoms with Gasteiger partial charge in [0.25, 0.3) is 0 Å². The van der Waals surface area contributed by atoms with Crippen LogP contribution in [-0.4, -0.2) is 60.0 Å². The van der Waals surface area contributed by atoms with E-state index in [1.807, 2.05) is 27.7 Å². The summed E-state index contributed by atoms with van der Waals surface area (Å²) in [7, 11) is 2.70. The van der Waals surface area contributed by atoms with Crippen LogP contribution in [0.15, 0.2) is 4.47 Å². The first-order valence-corrected chi connectivity index (χ1v) is 9.94. The Bertz CT molecular complexity index is 981. The zero-order valence-corrected chi connectivity index (χ0v) is 19.9. The first-order chi connectivity index (χ1) is 13.6. The van der Waals surface area contributed by atoms with E-state index in [1.54, 1.807) is 27.9 Å². The van der Waals surface area contributed by atoms with Gasteiger partial charge in [-0.15, -0.1) is 0 Å². The summed E-state index contributed by atoms with van der Waals surface area (Å²) in [5.74, 6) is -2.09. The molecule has 10 nitrogen and oxygen atoms in total. The minimum Gasteiger partial charge on any atom is -0.476 e. The number of carbonyl (C=O) groups is 2. The predicted octanol–water partition coefficient (Wildman–Crippen LogP) is 1.92.